The number of carbonyl (C=O) groups excluding carboxylic acids is 1. The molecule has 0 N–H and O–H groups in total. The maximum absolute atomic E-state index is 13.1. The zero-order valence-corrected chi connectivity index (χ0v) is 16.0. The Hall–Kier alpha value is -2.07. The van der Waals surface area contributed by atoms with Crippen LogP contribution in [0.1, 0.15) is 31.7 Å². The van der Waals surface area contributed by atoms with Gasteiger partial charge in [0.05, 0.1) is 5.02 Å². The summed E-state index contributed by atoms with van der Waals surface area (Å²) >= 11 is 5.92. The number of pyridine rings is 1. The molecule has 5 heteroatoms. The summed E-state index contributed by atoms with van der Waals surface area (Å²) in [5.41, 5.74) is 1.19. The Morgan fingerprint density at radius 3 is 2.54 bits per heavy atom. The van der Waals surface area contributed by atoms with Crippen molar-refractivity contribution in [1.82, 2.24) is 9.88 Å². The average molecular weight is 372 g/mol. The van der Waals surface area contributed by atoms with Crippen LogP contribution in [0.15, 0.2) is 48.7 Å². The Morgan fingerprint density at radius 2 is 1.92 bits per heavy atom. The van der Waals surface area contributed by atoms with Gasteiger partial charge in [0.1, 0.15) is 5.82 Å². The zero-order valence-electron chi connectivity index (χ0n) is 15.3. The van der Waals surface area contributed by atoms with Crippen LogP contribution in [0.25, 0.3) is 0 Å². The summed E-state index contributed by atoms with van der Waals surface area (Å²) < 4.78 is 0. The van der Waals surface area contributed by atoms with Gasteiger partial charge in [-0.25, -0.2) is 4.98 Å². The highest BCUT2D eigenvalue weighted by atomic mass is 35.5. The van der Waals surface area contributed by atoms with E-state index < -0.39 is 0 Å². The van der Waals surface area contributed by atoms with Gasteiger partial charge in [0.15, 0.2) is 0 Å². The molecule has 138 valence electrons. The summed E-state index contributed by atoms with van der Waals surface area (Å²) in [6.07, 6.45) is 4.40. The number of carbonyl (C=O) groups is 1. The topological polar surface area (TPSA) is 36.4 Å². The van der Waals surface area contributed by atoms with Gasteiger partial charge in [-0.2, -0.15) is 0 Å². The van der Waals surface area contributed by atoms with Crippen molar-refractivity contribution in [1.29, 1.82) is 0 Å². The number of anilines is 1. The molecule has 3 rings (SSSR count). The largest absolute Gasteiger partial charge is 0.357 e. The van der Waals surface area contributed by atoms with Crippen molar-refractivity contribution >= 4 is 23.3 Å². The van der Waals surface area contributed by atoms with Crippen LogP contribution in [0.5, 0.6) is 0 Å². The van der Waals surface area contributed by atoms with E-state index in [1.807, 2.05) is 35.2 Å². The average Bonchev–Trinajstić information content (AvgIpc) is 2.69. The fourth-order valence-corrected chi connectivity index (χ4v) is 3.62. The fourth-order valence-electron chi connectivity index (χ4n) is 3.51. The van der Waals surface area contributed by atoms with Gasteiger partial charge in [-0.15, -0.1) is 0 Å². The highest BCUT2D eigenvalue weighted by Crippen LogP contribution is 2.25. The lowest BCUT2D eigenvalue weighted by Crippen LogP contribution is -2.42. The van der Waals surface area contributed by atoms with Crippen LogP contribution in [0, 0.1) is 5.92 Å². The monoisotopic (exact) mass is 371 g/mol. The maximum Gasteiger partial charge on any atom is 0.226 e. The van der Waals surface area contributed by atoms with Crippen LogP contribution < -0.4 is 4.90 Å². The van der Waals surface area contributed by atoms with Gasteiger partial charge in [-0.3, -0.25) is 4.79 Å². The molecular weight excluding hydrogens is 346 g/mol. The first-order chi connectivity index (χ1) is 12.7. The minimum absolute atomic E-state index is 0.105. The van der Waals surface area contributed by atoms with E-state index in [2.05, 4.69) is 28.9 Å². The molecule has 1 aromatic heterocycles. The highest BCUT2D eigenvalue weighted by Gasteiger charge is 2.28. The summed E-state index contributed by atoms with van der Waals surface area (Å²) in [5.74, 6) is 1.34. The standard InChI is InChI=1S/C21H26ClN3O/c1-2-12-25(16-17-6-4-3-5-7-17)21(26)18-10-13-24(14-11-18)20-9-8-19(22)15-23-20/h3-9,15,18H,2,10-14,16H2,1H3. The minimum atomic E-state index is 0.105. The van der Waals surface area contributed by atoms with Crippen molar-refractivity contribution in [3.05, 3.63) is 59.2 Å². The van der Waals surface area contributed by atoms with Gasteiger partial charge in [-0.05, 0) is 37.0 Å². The van der Waals surface area contributed by atoms with Gasteiger partial charge in [0.2, 0.25) is 5.91 Å². The lowest BCUT2D eigenvalue weighted by Gasteiger charge is -2.35. The Morgan fingerprint density at radius 1 is 1.19 bits per heavy atom. The molecule has 0 bridgehead atoms. The molecule has 1 saturated heterocycles. The van der Waals surface area contributed by atoms with E-state index in [-0.39, 0.29) is 5.92 Å². The summed E-state index contributed by atoms with van der Waals surface area (Å²) in [4.78, 5) is 21.7. The van der Waals surface area contributed by atoms with Gasteiger partial charge in [0, 0.05) is 38.3 Å². The summed E-state index contributed by atoms with van der Waals surface area (Å²) in [6, 6.07) is 14.1. The van der Waals surface area contributed by atoms with Crippen molar-refractivity contribution in [3.8, 4) is 0 Å². The molecule has 1 aliphatic heterocycles. The normalized spacial score (nSPS) is 15.1. The molecule has 1 amide bonds. The van der Waals surface area contributed by atoms with E-state index in [0.717, 1.165) is 44.7 Å². The Labute approximate surface area is 160 Å². The number of hydrogen-bond donors (Lipinski definition) is 0. The predicted molar refractivity (Wildman–Crippen MR) is 106 cm³/mol. The molecule has 2 aromatic rings. The van der Waals surface area contributed by atoms with Crippen LogP contribution >= 0.6 is 11.6 Å². The number of piperidine rings is 1. The van der Waals surface area contributed by atoms with Gasteiger partial charge >= 0.3 is 0 Å². The Kier molecular flexibility index (Phi) is 6.51. The van der Waals surface area contributed by atoms with E-state index >= 15 is 0 Å². The first kappa shape index (κ1) is 18.7. The molecule has 26 heavy (non-hydrogen) atoms. The maximum atomic E-state index is 13.1. The number of rotatable bonds is 6. The second kappa shape index (κ2) is 9.04. The molecule has 0 atom stereocenters. The van der Waals surface area contributed by atoms with E-state index in [1.165, 1.54) is 5.56 Å². The molecule has 0 aliphatic carbocycles. The van der Waals surface area contributed by atoms with Crippen LogP contribution in [-0.4, -0.2) is 35.4 Å². The van der Waals surface area contributed by atoms with Crippen molar-refractivity contribution < 1.29 is 4.79 Å². The van der Waals surface area contributed by atoms with E-state index in [1.54, 1.807) is 6.20 Å². The summed E-state index contributed by atoms with van der Waals surface area (Å²) in [6.45, 7) is 5.35. The fraction of sp³-hybridized carbons (Fsp3) is 0.429. The molecule has 0 saturated carbocycles. The SMILES string of the molecule is CCCN(Cc1ccccc1)C(=O)C1CCN(c2ccc(Cl)cn2)CC1. The lowest BCUT2D eigenvalue weighted by atomic mass is 9.95. The van der Waals surface area contributed by atoms with E-state index in [9.17, 15) is 4.79 Å². The zero-order chi connectivity index (χ0) is 18.4. The number of halogens is 1. The third-order valence-corrected chi connectivity index (χ3v) is 5.13. The first-order valence-corrected chi connectivity index (χ1v) is 9.74. The van der Waals surface area contributed by atoms with Crippen LogP contribution in [0.3, 0.4) is 0 Å². The molecule has 2 heterocycles. The second-order valence-electron chi connectivity index (χ2n) is 6.84. The number of benzene rings is 1. The van der Waals surface area contributed by atoms with Crippen LogP contribution in [0.2, 0.25) is 5.02 Å². The summed E-state index contributed by atoms with van der Waals surface area (Å²) in [5, 5.41) is 0.648. The van der Waals surface area contributed by atoms with Gasteiger partial charge < -0.3 is 9.80 Å². The number of nitrogens with zero attached hydrogens (tertiary/aromatic N) is 3. The number of aromatic nitrogens is 1. The predicted octanol–water partition coefficient (Wildman–Crippen LogP) is 4.39. The van der Waals surface area contributed by atoms with Gasteiger partial charge in [-0.1, -0.05) is 48.9 Å². The molecule has 0 unspecified atom stereocenters. The highest BCUT2D eigenvalue weighted by molar-refractivity contribution is 6.30. The second-order valence-corrected chi connectivity index (χ2v) is 7.28. The Bertz CT molecular complexity index is 697. The lowest BCUT2D eigenvalue weighted by molar-refractivity contribution is -0.136. The molecule has 0 spiro atoms. The molecule has 4 nitrogen and oxygen atoms in total. The molecular formula is C21H26ClN3O. The molecule has 1 aromatic carbocycles. The third-order valence-electron chi connectivity index (χ3n) is 4.90. The molecule has 1 fully saturated rings. The van der Waals surface area contributed by atoms with Crippen molar-refractivity contribution in [2.75, 3.05) is 24.5 Å². The molecule has 0 radical (unpaired) electrons. The Balaban J connectivity index is 1.59. The van der Waals surface area contributed by atoms with E-state index in [0.29, 0.717) is 17.5 Å². The van der Waals surface area contributed by atoms with Crippen LogP contribution in [-0.2, 0) is 11.3 Å². The van der Waals surface area contributed by atoms with Crippen LogP contribution in [0.4, 0.5) is 5.82 Å². The number of hydrogen-bond acceptors (Lipinski definition) is 3. The molecule has 1 aliphatic rings. The minimum Gasteiger partial charge on any atom is -0.357 e. The van der Waals surface area contributed by atoms with E-state index in [4.69, 9.17) is 11.6 Å². The van der Waals surface area contributed by atoms with Gasteiger partial charge in [0.25, 0.3) is 0 Å². The smallest absolute Gasteiger partial charge is 0.226 e. The third kappa shape index (κ3) is 4.76. The van der Waals surface area contributed by atoms with Crippen molar-refractivity contribution in [3.63, 3.8) is 0 Å². The number of amides is 1. The van der Waals surface area contributed by atoms with Crippen molar-refractivity contribution in [2.45, 2.75) is 32.7 Å². The van der Waals surface area contributed by atoms with Crippen molar-refractivity contribution in [2.24, 2.45) is 5.92 Å². The summed E-state index contributed by atoms with van der Waals surface area (Å²) in [7, 11) is 0. The first-order valence-electron chi connectivity index (χ1n) is 9.36. The quantitative estimate of drug-likeness (QED) is 0.755.